The van der Waals surface area contributed by atoms with Gasteiger partial charge in [-0.2, -0.15) is 0 Å². The number of rotatable bonds is 4. The zero-order valence-corrected chi connectivity index (χ0v) is 22.7. The molecule has 10 nitrogen and oxygen atoms in total. The van der Waals surface area contributed by atoms with Crippen molar-refractivity contribution in [2.24, 2.45) is 34.0 Å². The number of carbonyl (C=O) groups excluding carboxylic acids is 5. The van der Waals surface area contributed by atoms with E-state index >= 15 is 0 Å². The first kappa shape index (κ1) is 26.8. The van der Waals surface area contributed by atoms with E-state index in [4.69, 9.17) is 23.7 Å². The number of fused-ring (bicyclic) bond motifs is 2. The molecule has 2 spiro atoms. The van der Waals surface area contributed by atoms with Crippen molar-refractivity contribution >= 4 is 29.7 Å². The lowest BCUT2D eigenvalue weighted by Crippen LogP contribution is -2.81. The van der Waals surface area contributed by atoms with Crippen molar-refractivity contribution in [3.8, 4) is 0 Å². The average Bonchev–Trinajstić information content (AvgIpc) is 2.90. The fourth-order valence-electron chi connectivity index (χ4n) is 9.04. The van der Waals surface area contributed by atoms with Gasteiger partial charge in [0.1, 0.15) is 23.7 Å². The second-order valence-corrected chi connectivity index (χ2v) is 12.3. The third-order valence-electron chi connectivity index (χ3n) is 9.91. The van der Waals surface area contributed by atoms with Crippen LogP contribution < -0.4 is 0 Å². The molecule has 38 heavy (non-hydrogen) atoms. The van der Waals surface area contributed by atoms with E-state index in [9.17, 15) is 24.0 Å². The van der Waals surface area contributed by atoms with Gasteiger partial charge < -0.3 is 23.7 Å². The predicted molar refractivity (Wildman–Crippen MR) is 129 cm³/mol. The van der Waals surface area contributed by atoms with E-state index in [1.807, 2.05) is 0 Å². The van der Waals surface area contributed by atoms with Crippen molar-refractivity contribution in [2.75, 3.05) is 0 Å². The van der Waals surface area contributed by atoms with Crippen LogP contribution in [0.1, 0.15) is 67.2 Å². The molecule has 0 radical (unpaired) electrons. The van der Waals surface area contributed by atoms with Gasteiger partial charge in [-0.15, -0.1) is 0 Å². The Morgan fingerprint density at radius 2 is 1.50 bits per heavy atom. The standard InChI is InChI=1S/C28H36O10/c1-12-17-10-18(34-13(2)29)22-27-19(26(6,7)9-8-20(27)35-14(3)30)11-21(38-25(27)37-16(5)32)28(22,23(12)33)24(17)36-15(4)31/h17-22,24-25H,1,8-11H2,2-7H3. The maximum Gasteiger partial charge on any atom is 0.304 e. The van der Waals surface area contributed by atoms with Crippen LogP contribution >= 0.6 is 0 Å². The summed E-state index contributed by atoms with van der Waals surface area (Å²) < 4.78 is 30.2. The summed E-state index contributed by atoms with van der Waals surface area (Å²) in [4.78, 5) is 64.0. The first-order valence-electron chi connectivity index (χ1n) is 13.3. The molecule has 0 aromatic carbocycles. The monoisotopic (exact) mass is 532 g/mol. The minimum Gasteiger partial charge on any atom is -0.462 e. The fourth-order valence-corrected chi connectivity index (χ4v) is 9.04. The summed E-state index contributed by atoms with van der Waals surface area (Å²) >= 11 is 0. The average molecular weight is 533 g/mol. The number of hydrogen-bond donors (Lipinski definition) is 0. The molecule has 4 bridgehead atoms. The number of ether oxygens (including phenoxy) is 5. The SMILES string of the molecule is C=C1C(=O)C23C4CC5C(C)(C)CCC(OC(C)=O)C5(C(OC(C)=O)O4)C2C(OC(C)=O)CC1C3OC(C)=O. The number of hydrogen-bond acceptors (Lipinski definition) is 10. The van der Waals surface area contributed by atoms with Crippen LogP contribution in [0.5, 0.6) is 0 Å². The van der Waals surface area contributed by atoms with E-state index in [2.05, 4.69) is 20.4 Å². The second-order valence-electron chi connectivity index (χ2n) is 12.3. The molecule has 208 valence electrons. The van der Waals surface area contributed by atoms with Gasteiger partial charge in [0.15, 0.2) is 5.78 Å². The molecule has 4 aliphatic carbocycles. The van der Waals surface area contributed by atoms with E-state index in [-0.39, 0.29) is 23.5 Å². The van der Waals surface area contributed by atoms with Crippen molar-refractivity contribution in [3.63, 3.8) is 0 Å². The third kappa shape index (κ3) is 3.37. The van der Waals surface area contributed by atoms with Gasteiger partial charge in [-0.3, -0.25) is 24.0 Å². The topological polar surface area (TPSA) is 132 Å². The Labute approximate surface area is 221 Å². The molecule has 4 saturated carbocycles. The minimum atomic E-state index is -1.44. The maximum atomic E-state index is 14.3. The van der Waals surface area contributed by atoms with Crippen molar-refractivity contribution in [1.29, 1.82) is 0 Å². The first-order chi connectivity index (χ1) is 17.7. The quantitative estimate of drug-likeness (QED) is 0.302. The molecule has 0 aromatic heterocycles. The highest BCUT2D eigenvalue weighted by molar-refractivity contribution is 6.05. The van der Waals surface area contributed by atoms with Gasteiger partial charge in [0.25, 0.3) is 0 Å². The maximum absolute atomic E-state index is 14.3. The van der Waals surface area contributed by atoms with E-state index in [1.165, 1.54) is 27.7 Å². The van der Waals surface area contributed by atoms with Gasteiger partial charge in [0.2, 0.25) is 6.29 Å². The smallest absolute Gasteiger partial charge is 0.304 e. The molecule has 2 aliphatic heterocycles. The van der Waals surface area contributed by atoms with Gasteiger partial charge in [-0.1, -0.05) is 20.4 Å². The first-order valence-corrected chi connectivity index (χ1v) is 13.3. The molecule has 10 heteroatoms. The van der Waals surface area contributed by atoms with Crippen molar-refractivity contribution < 1.29 is 47.7 Å². The zero-order chi connectivity index (χ0) is 27.9. The molecule has 6 rings (SSSR count). The Hall–Kier alpha value is -2.75. The lowest BCUT2D eigenvalue weighted by Gasteiger charge is -2.73. The predicted octanol–water partition coefficient (Wildman–Crippen LogP) is 2.66. The van der Waals surface area contributed by atoms with Crippen LogP contribution in [0.15, 0.2) is 12.2 Å². The third-order valence-corrected chi connectivity index (χ3v) is 9.91. The molecule has 6 aliphatic rings. The second kappa shape index (κ2) is 8.63. The number of ketones is 1. The van der Waals surface area contributed by atoms with Gasteiger partial charge in [-0.25, -0.2) is 0 Å². The lowest BCUT2D eigenvalue weighted by molar-refractivity contribution is -0.410. The van der Waals surface area contributed by atoms with Crippen LogP contribution in [0, 0.1) is 34.0 Å². The molecule has 0 N–H and O–H groups in total. The summed E-state index contributed by atoms with van der Waals surface area (Å²) in [5.74, 6) is -4.14. The summed E-state index contributed by atoms with van der Waals surface area (Å²) in [6.45, 7) is 13.4. The van der Waals surface area contributed by atoms with Crippen LogP contribution in [-0.4, -0.2) is 60.4 Å². The molecule has 10 atom stereocenters. The Morgan fingerprint density at radius 3 is 2.08 bits per heavy atom. The summed E-state index contributed by atoms with van der Waals surface area (Å²) in [6, 6.07) is 0. The Bertz CT molecular complexity index is 1100. The molecule has 0 aromatic rings. The van der Waals surface area contributed by atoms with Crippen LogP contribution in [0.4, 0.5) is 0 Å². The minimum absolute atomic E-state index is 0.190. The summed E-state index contributed by atoms with van der Waals surface area (Å²) in [5, 5.41) is 0. The number of Topliss-reactive ketones (excluding diaryl/α,β-unsaturated/α-hetero) is 1. The molecule has 2 saturated heterocycles. The zero-order valence-electron chi connectivity index (χ0n) is 22.7. The highest BCUT2D eigenvalue weighted by Gasteiger charge is 2.86. The van der Waals surface area contributed by atoms with Crippen molar-refractivity contribution in [3.05, 3.63) is 12.2 Å². The van der Waals surface area contributed by atoms with Gasteiger partial charge in [0.05, 0.1) is 11.5 Å². The molecule has 2 heterocycles. The van der Waals surface area contributed by atoms with E-state index in [0.29, 0.717) is 24.8 Å². The molecular weight excluding hydrogens is 496 g/mol. The molecular formula is C28H36O10. The highest BCUT2D eigenvalue weighted by Crippen LogP contribution is 2.76. The number of carbonyl (C=O) groups is 5. The lowest BCUT2D eigenvalue weighted by atomic mass is 9.36. The van der Waals surface area contributed by atoms with Gasteiger partial charge in [0, 0.05) is 39.5 Å². The summed E-state index contributed by atoms with van der Waals surface area (Å²) in [5.41, 5.74) is -2.73. The Balaban J connectivity index is 1.83. The normalized spacial score (nSPS) is 43.9. The van der Waals surface area contributed by atoms with Crippen LogP contribution in [0.25, 0.3) is 0 Å². The fraction of sp³-hybridized carbons (Fsp3) is 0.750. The van der Waals surface area contributed by atoms with E-state index in [1.54, 1.807) is 0 Å². The van der Waals surface area contributed by atoms with Crippen LogP contribution in [0.2, 0.25) is 0 Å². The largest absolute Gasteiger partial charge is 0.462 e. The summed E-state index contributed by atoms with van der Waals surface area (Å²) in [6.07, 6.45) is -2.79. The Morgan fingerprint density at radius 1 is 0.895 bits per heavy atom. The van der Waals surface area contributed by atoms with E-state index < -0.39 is 77.2 Å². The van der Waals surface area contributed by atoms with E-state index in [0.717, 1.165) is 0 Å². The molecule has 6 fully saturated rings. The van der Waals surface area contributed by atoms with Gasteiger partial charge in [-0.05, 0) is 42.6 Å². The van der Waals surface area contributed by atoms with Crippen LogP contribution in [-0.2, 0) is 47.7 Å². The molecule has 10 unspecified atom stereocenters. The number of esters is 4. The summed E-state index contributed by atoms with van der Waals surface area (Å²) in [7, 11) is 0. The van der Waals surface area contributed by atoms with Crippen LogP contribution in [0.3, 0.4) is 0 Å². The van der Waals surface area contributed by atoms with Crippen molar-refractivity contribution in [2.45, 2.75) is 97.9 Å². The highest BCUT2D eigenvalue weighted by atomic mass is 16.7. The van der Waals surface area contributed by atoms with Crippen molar-refractivity contribution in [1.82, 2.24) is 0 Å². The molecule has 0 amide bonds. The van der Waals surface area contributed by atoms with Gasteiger partial charge >= 0.3 is 23.9 Å². The Kier molecular flexibility index (Phi) is 6.09.